The van der Waals surface area contributed by atoms with Crippen LogP contribution in [-0.4, -0.2) is 25.4 Å². The Balaban J connectivity index is 2.33. The second-order valence-corrected chi connectivity index (χ2v) is 3.05. The van der Waals surface area contributed by atoms with E-state index in [9.17, 15) is 4.79 Å². The second kappa shape index (κ2) is 4.00. The fourth-order valence-electron chi connectivity index (χ4n) is 1.40. The fraction of sp³-hybridized carbons (Fsp3) is 0.200. The number of ether oxygens (including phenoxy) is 1. The molecule has 0 fully saturated rings. The Labute approximate surface area is 87.1 Å². The molecule has 1 heterocycles. The summed E-state index contributed by atoms with van der Waals surface area (Å²) in [4.78, 5) is 10.8. The average Bonchev–Trinajstić information content (AvgIpc) is 2.30. The second-order valence-electron chi connectivity index (χ2n) is 3.05. The van der Waals surface area contributed by atoms with Crippen molar-refractivity contribution in [2.45, 2.75) is 0 Å². The predicted octanol–water partition coefficient (Wildman–Crippen LogP) is 0.712. The van der Waals surface area contributed by atoms with Crippen LogP contribution in [0.4, 0.5) is 4.79 Å². The van der Waals surface area contributed by atoms with Crippen molar-refractivity contribution in [2.75, 3.05) is 13.7 Å². The van der Waals surface area contributed by atoms with Gasteiger partial charge in [0.25, 0.3) is 0 Å². The van der Waals surface area contributed by atoms with E-state index < -0.39 is 0 Å². The number of hydrogen-bond donors (Lipinski definition) is 2. The number of rotatable bonds is 2. The van der Waals surface area contributed by atoms with Gasteiger partial charge in [0.1, 0.15) is 5.75 Å². The Hall–Kier alpha value is -2.04. The number of urea groups is 1. The number of hydrogen-bond acceptors (Lipinski definition) is 3. The molecule has 5 heteroatoms. The van der Waals surface area contributed by atoms with E-state index in [1.54, 1.807) is 7.11 Å². The summed E-state index contributed by atoms with van der Waals surface area (Å²) in [6.07, 6.45) is 0. The maximum absolute atomic E-state index is 10.8. The van der Waals surface area contributed by atoms with E-state index in [2.05, 4.69) is 15.8 Å². The SMILES string of the molecule is COc1ccccc1C1=NNC(=O)NC1. The highest BCUT2D eigenvalue weighted by Crippen LogP contribution is 2.18. The smallest absolute Gasteiger partial charge is 0.335 e. The normalized spacial score (nSPS) is 15.0. The van der Waals surface area contributed by atoms with E-state index in [4.69, 9.17) is 4.74 Å². The van der Waals surface area contributed by atoms with Crippen molar-refractivity contribution in [3.8, 4) is 5.75 Å². The summed E-state index contributed by atoms with van der Waals surface area (Å²) < 4.78 is 5.20. The van der Waals surface area contributed by atoms with Crippen LogP contribution >= 0.6 is 0 Å². The van der Waals surface area contributed by atoms with Crippen molar-refractivity contribution in [1.29, 1.82) is 0 Å². The summed E-state index contributed by atoms with van der Waals surface area (Å²) in [5.41, 5.74) is 4.00. The molecule has 0 radical (unpaired) electrons. The lowest BCUT2D eigenvalue weighted by molar-refractivity contribution is 0.241. The average molecular weight is 205 g/mol. The van der Waals surface area contributed by atoms with Crippen LogP contribution in [0, 0.1) is 0 Å². The van der Waals surface area contributed by atoms with Gasteiger partial charge in [-0.1, -0.05) is 12.1 Å². The van der Waals surface area contributed by atoms with Gasteiger partial charge in [-0.3, -0.25) is 0 Å². The lowest BCUT2D eigenvalue weighted by Crippen LogP contribution is -2.42. The molecule has 1 aliphatic heterocycles. The van der Waals surface area contributed by atoms with Crippen LogP contribution in [-0.2, 0) is 0 Å². The van der Waals surface area contributed by atoms with Crippen LogP contribution in [0.25, 0.3) is 0 Å². The van der Waals surface area contributed by atoms with E-state index in [0.29, 0.717) is 6.54 Å². The Morgan fingerprint density at radius 3 is 2.87 bits per heavy atom. The molecule has 15 heavy (non-hydrogen) atoms. The van der Waals surface area contributed by atoms with Crippen molar-refractivity contribution >= 4 is 11.7 Å². The van der Waals surface area contributed by atoms with Crippen LogP contribution in [0.3, 0.4) is 0 Å². The van der Waals surface area contributed by atoms with Gasteiger partial charge in [0.2, 0.25) is 0 Å². The van der Waals surface area contributed by atoms with E-state index in [1.807, 2.05) is 24.3 Å². The molecule has 1 aliphatic rings. The first-order chi connectivity index (χ1) is 7.31. The summed E-state index contributed by atoms with van der Waals surface area (Å²) in [5, 5.41) is 6.61. The number of benzene rings is 1. The van der Waals surface area contributed by atoms with Crippen molar-refractivity contribution in [3.05, 3.63) is 29.8 Å². The highest BCUT2D eigenvalue weighted by molar-refractivity contribution is 6.07. The maximum Gasteiger partial charge on any atom is 0.335 e. The van der Waals surface area contributed by atoms with Gasteiger partial charge < -0.3 is 10.1 Å². The molecule has 0 aliphatic carbocycles. The molecule has 2 rings (SSSR count). The van der Waals surface area contributed by atoms with Crippen molar-refractivity contribution in [3.63, 3.8) is 0 Å². The van der Waals surface area contributed by atoms with Gasteiger partial charge in [-0.2, -0.15) is 5.10 Å². The number of amides is 2. The lowest BCUT2D eigenvalue weighted by atomic mass is 10.1. The Morgan fingerprint density at radius 2 is 2.20 bits per heavy atom. The number of nitrogens with one attached hydrogen (secondary N) is 2. The molecule has 1 aromatic carbocycles. The van der Waals surface area contributed by atoms with Gasteiger partial charge in [-0.05, 0) is 12.1 Å². The molecule has 1 aromatic rings. The van der Waals surface area contributed by atoms with E-state index in [-0.39, 0.29) is 6.03 Å². The number of carbonyl (C=O) groups excluding carboxylic acids is 1. The largest absolute Gasteiger partial charge is 0.496 e. The zero-order valence-electron chi connectivity index (χ0n) is 8.28. The highest BCUT2D eigenvalue weighted by atomic mass is 16.5. The van der Waals surface area contributed by atoms with Crippen molar-refractivity contribution in [2.24, 2.45) is 5.10 Å². The molecule has 0 aromatic heterocycles. The van der Waals surface area contributed by atoms with Gasteiger partial charge in [-0.25, -0.2) is 10.2 Å². The number of nitrogens with zero attached hydrogens (tertiary/aromatic N) is 1. The van der Waals surface area contributed by atoms with Gasteiger partial charge in [0, 0.05) is 5.56 Å². The molecule has 78 valence electrons. The molecule has 0 saturated heterocycles. The number of methoxy groups -OCH3 is 1. The van der Waals surface area contributed by atoms with Crippen LogP contribution < -0.4 is 15.5 Å². The Bertz CT molecular complexity index is 415. The third-order valence-corrected chi connectivity index (χ3v) is 2.13. The molecular weight excluding hydrogens is 194 g/mol. The molecule has 0 bridgehead atoms. The minimum Gasteiger partial charge on any atom is -0.496 e. The first-order valence-corrected chi connectivity index (χ1v) is 4.55. The van der Waals surface area contributed by atoms with Gasteiger partial charge in [-0.15, -0.1) is 0 Å². The predicted molar refractivity (Wildman–Crippen MR) is 56.1 cm³/mol. The maximum atomic E-state index is 10.8. The summed E-state index contributed by atoms with van der Waals surface area (Å²) in [6.45, 7) is 0.409. The molecule has 5 nitrogen and oxygen atoms in total. The summed E-state index contributed by atoms with van der Waals surface area (Å²) >= 11 is 0. The highest BCUT2D eigenvalue weighted by Gasteiger charge is 2.14. The van der Waals surface area contributed by atoms with E-state index >= 15 is 0 Å². The van der Waals surface area contributed by atoms with Crippen LogP contribution in [0.1, 0.15) is 5.56 Å². The Kier molecular flexibility index (Phi) is 2.53. The number of para-hydroxylation sites is 1. The topological polar surface area (TPSA) is 62.7 Å². The van der Waals surface area contributed by atoms with Gasteiger partial charge >= 0.3 is 6.03 Å². The molecule has 0 unspecified atom stereocenters. The van der Waals surface area contributed by atoms with Crippen LogP contribution in [0.15, 0.2) is 29.4 Å². The molecule has 0 spiro atoms. The Morgan fingerprint density at radius 1 is 1.40 bits per heavy atom. The van der Waals surface area contributed by atoms with Crippen LogP contribution in [0.5, 0.6) is 5.75 Å². The summed E-state index contributed by atoms with van der Waals surface area (Å²) in [6, 6.07) is 7.26. The lowest BCUT2D eigenvalue weighted by Gasteiger charge is -2.15. The molecule has 2 N–H and O–H groups in total. The van der Waals surface area contributed by atoms with E-state index in [1.165, 1.54) is 0 Å². The minimum absolute atomic E-state index is 0.284. The number of hydrazone groups is 1. The third-order valence-electron chi connectivity index (χ3n) is 2.13. The van der Waals surface area contributed by atoms with Gasteiger partial charge in [0.15, 0.2) is 0 Å². The first-order valence-electron chi connectivity index (χ1n) is 4.55. The summed E-state index contributed by atoms with van der Waals surface area (Å²) in [5.74, 6) is 0.745. The minimum atomic E-state index is -0.284. The summed E-state index contributed by atoms with van der Waals surface area (Å²) in [7, 11) is 1.61. The zero-order chi connectivity index (χ0) is 10.7. The molecule has 2 amide bonds. The zero-order valence-corrected chi connectivity index (χ0v) is 8.28. The van der Waals surface area contributed by atoms with Crippen molar-refractivity contribution < 1.29 is 9.53 Å². The van der Waals surface area contributed by atoms with Crippen LogP contribution in [0.2, 0.25) is 0 Å². The monoisotopic (exact) mass is 205 g/mol. The van der Waals surface area contributed by atoms with E-state index in [0.717, 1.165) is 17.0 Å². The quantitative estimate of drug-likeness (QED) is 0.747. The molecule has 0 atom stereocenters. The first kappa shape index (κ1) is 9.51. The van der Waals surface area contributed by atoms with Gasteiger partial charge in [0.05, 0.1) is 19.4 Å². The van der Waals surface area contributed by atoms with Crippen molar-refractivity contribution in [1.82, 2.24) is 10.7 Å². The number of carbonyl (C=O) groups is 1. The fourth-order valence-corrected chi connectivity index (χ4v) is 1.40. The standard InChI is InChI=1S/C10H11N3O2/c1-15-9-5-3-2-4-7(9)8-6-11-10(14)13-12-8/h2-5H,6H2,1H3,(H2,11,13,14). The molecule has 0 saturated carbocycles. The third kappa shape index (κ3) is 1.90. The molecular formula is C10H11N3O2.